The first-order valence-electron chi connectivity index (χ1n) is 4.92. The third-order valence-electron chi connectivity index (χ3n) is 1.93. The van der Waals surface area contributed by atoms with E-state index in [-0.39, 0.29) is 6.04 Å². The molecule has 0 amide bonds. The molecule has 0 aliphatic rings. The van der Waals surface area contributed by atoms with Gasteiger partial charge in [0.15, 0.2) is 0 Å². The van der Waals surface area contributed by atoms with Gasteiger partial charge in [-0.25, -0.2) is 5.84 Å². The highest BCUT2D eigenvalue weighted by Gasteiger charge is 2.13. The van der Waals surface area contributed by atoms with Crippen molar-refractivity contribution in [1.82, 2.24) is 10.7 Å². The van der Waals surface area contributed by atoms with Gasteiger partial charge in [-0.3, -0.25) is 10.4 Å². The van der Waals surface area contributed by atoms with Crippen LogP contribution in [0.3, 0.4) is 0 Å². The molecular formula is C9H22N4O. The molecule has 0 saturated carbocycles. The highest BCUT2D eigenvalue weighted by atomic mass is 16.5. The van der Waals surface area contributed by atoms with E-state index in [1.807, 2.05) is 6.92 Å². The Bertz CT molecular complexity index is 170. The van der Waals surface area contributed by atoms with Crippen molar-refractivity contribution in [2.75, 3.05) is 20.3 Å². The van der Waals surface area contributed by atoms with Gasteiger partial charge < -0.3 is 10.1 Å². The SMILES string of the molecule is CCN=C(NN)NC(COC)C(C)C. The molecule has 5 heteroatoms. The molecule has 14 heavy (non-hydrogen) atoms. The van der Waals surface area contributed by atoms with Crippen LogP contribution in [0.5, 0.6) is 0 Å². The molecule has 0 radical (unpaired) electrons. The van der Waals surface area contributed by atoms with E-state index in [4.69, 9.17) is 10.6 Å². The first kappa shape index (κ1) is 13.2. The fraction of sp³-hybridized carbons (Fsp3) is 0.889. The molecule has 0 aromatic heterocycles. The number of hydrogen-bond acceptors (Lipinski definition) is 3. The maximum absolute atomic E-state index is 5.32. The smallest absolute Gasteiger partial charge is 0.206 e. The van der Waals surface area contributed by atoms with Gasteiger partial charge in [0.25, 0.3) is 0 Å². The van der Waals surface area contributed by atoms with Crippen molar-refractivity contribution in [1.29, 1.82) is 0 Å². The van der Waals surface area contributed by atoms with Crippen molar-refractivity contribution in [3.05, 3.63) is 0 Å². The van der Waals surface area contributed by atoms with Crippen molar-refractivity contribution in [3.63, 3.8) is 0 Å². The van der Waals surface area contributed by atoms with Crippen LogP contribution in [-0.2, 0) is 4.74 Å². The lowest BCUT2D eigenvalue weighted by Crippen LogP contribution is -2.49. The summed E-state index contributed by atoms with van der Waals surface area (Å²) in [7, 11) is 1.68. The normalized spacial score (nSPS) is 14.3. The molecule has 0 aromatic carbocycles. The minimum absolute atomic E-state index is 0.223. The summed E-state index contributed by atoms with van der Waals surface area (Å²) < 4.78 is 5.10. The van der Waals surface area contributed by atoms with Crippen molar-refractivity contribution < 1.29 is 4.74 Å². The summed E-state index contributed by atoms with van der Waals surface area (Å²) >= 11 is 0. The first-order valence-corrected chi connectivity index (χ1v) is 4.92. The van der Waals surface area contributed by atoms with Gasteiger partial charge in [-0.1, -0.05) is 13.8 Å². The Hall–Kier alpha value is -0.810. The number of rotatable bonds is 5. The third kappa shape index (κ3) is 5.04. The molecule has 0 bridgehead atoms. The summed E-state index contributed by atoms with van der Waals surface area (Å²) in [5.41, 5.74) is 2.53. The summed E-state index contributed by atoms with van der Waals surface area (Å²) in [4.78, 5) is 4.16. The number of hydrazine groups is 1. The summed E-state index contributed by atoms with van der Waals surface area (Å²) in [6.07, 6.45) is 0. The standard InChI is InChI=1S/C9H22N4O/c1-5-11-9(13-10)12-8(6-14-4)7(2)3/h7-8H,5-6,10H2,1-4H3,(H2,11,12,13). The molecule has 0 aromatic rings. The Labute approximate surface area is 86.1 Å². The van der Waals surface area contributed by atoms with Crippen molar-refractivity contribution in [2.45, 2.75) is 26.8 Å². The van der Waals surface area contributed by atoms with Crippen LogP contribution in [0.1, 0.15) is 20.8 Å². The van der Waals surface area contributed by atoms with Gasteiger partial charge in [0.2, 0.25) is 5.96 Å². The predicted octanol–water partition coefficient (Wildman–Crippen LogP) is 0.0862. The molecule has 4 N–H and O–H groups in total. The van der Waals surface area contributed by atoms with E-state index in [1.54, 1.807) is 7.11 Å². The van der Waals surface area contributed by atoms with E-state index in [0.29, 0.717) is 25.0 Å². The molecule has 5 nitrogen and oxygen atoms in total. The summed E-state index contributed by atoms with van der Waals surface area (Å²) in [5.74, 6) is 6.40. The zero-order valence-corrected chi connectivity index (χ0v) is 9.50. The Morgan fingerprint density at radius 2 is 2.14 bits per heavy atom. The Morgan fingerprint density at radius 3 is 2.50 bits per heavy atom. The molecule has 0 spiro atoms. The molecule has 0 rings (SSSR count). The lowest BCUT2D eigenvalue weighted by Gasteiger charge is -2.23. The number of hydrogen-bond donors (Lipinski definition) is 3. The van der Waals surface area contributed by atoms with E-state index in [9.17, 15) is 0 Å². The Morgan fingerprint density at radius 1 is 1.50 bits per heavy atom. The summed E-state index contributed by atoms with van der Waals surface area (Å²) in [6.45, 7) is 7.54. The molecule has 1 atom stereocenters. The third-order valence-corrected chi connectivity index (χ3v) is 1.93. The highest BCUT2D eigenvalue weighted by Crippen LogP contribution is 2.01. The molecule has 0 heterocycles. The van der Waals surface area contributed by atoms with Crippen LogP contribution in [0.15, 0.2) is 4.99 Å². The Kier molecular flexibility index (Phi) is 7.14. The Balaban J connectivity index is 4.18. The van der Waals surface area contributed by atoms with Crippen molar-refractivity contribution in [2.24, 2.45) is 16.8 Å². The van der Waals surface area contributed by atoms with Gasteiger partial charge in [-0.2, -0.15) is 0 Å². The van der Waals surface area contributed by atoms with Crippen molar-refractivity contribution in [3.8, 4) is 0 Å². The lowest BCUT2D eigenvalue weighted by atomic mass is 10.1. The average Bonchev–Trinajstić information content (AvgIpc) is 2.15. The average molecular weight is 202 g/mol. The molecule has 84 valence electrons. The van der Waals surface area contributed by atoms with E-state index in [0.717, 1.165) is 0 Å². The maximum atomic E-state index is 5.32. The first-order chi connectivity index (χ1) is 6.65. The second kappa shape index (κ2) is 7.58. The van der Waals surface area contributed by atoms with Crippen molar-refractivity contribution >= 4 is 5.96 Å². The number of methoxy groups -OCH3 is 1. The molecular weight excluding hydrogens is 180 g/mol. The fourth-order valence-corrected chi connectivity index (χ4v) is 1.05. The van der Waals surface area contributed by atoms with Gasteiger partial charge in [0.05, 0.1) is 12.6 Å². The minimum atomic E-state index is 0.223. The molecule has 0 saturated heterocycles. The lowest BCUT2D eigenvalue weighted by molar-refractivity contribution is 0.155. The van der Waals surface area contributed by atoms with E-state index in [1.165, 1.54) is 0 Å². The quantitative estimate of drug-likeness (QED) is 0.256. The number of nitrogens with zero attached hydrogens (tertiary/aromatic N) is 1. The second-order valence-corrected chi connectivity index (χ2v) is 3.42. The molecule has 1 unspecified atom stereocenters. The van der Waals surface area contributed by atoms with Crippen LogP contribution in [0.2, 0.25) is 0 Å². The summed E-state index contributed by atoms with van der Waals surface area (Å²) in [5, 5.41) is 3.19. The van der Waals surface area contributed by atoms with Crippen LogP contribution in [0, 0.1) is 5.92 Å². The fourth-order valence-electron chi connectivity index (χ4n) is 1.05. The van der Waals surface area contributed by atoms with Gasteiger partial charge in [-0.05, 0) is 12.8 Å². The van der Waals surface area contributed by atoms with Crippen LogP contribution in [-0.4, -0.2) is 32.3 Å². The largest absolute Gasteiger partial charge is 0.383 e. The van der Waals surface area contributed by atoms with Gasteiger partial charge in [-0.15, -0.1) is 0 Å². The number of nitrogens with one attached hydrogen (secondary N) is 2. The number of nitrogens with two attached hydrogens (primary N) is 1. The molecule has 0 aliphatic carbocycles. The predicted molar refractivity (Wildman–Crippen MR) is 58.9 cm³/mol. The van der Waals surface area contributed by atoms with E-state index >= 15 is 0 Å². The second-order valence-electron chi connectivity index (χ2n) is 3.42. The van der Waals surface area contributed by atoms with Crippen LogP contribution in [0.4, 0.5) is 0 Å². The highest BCUT2D eigenvalue weighted by molar-refractivity contribution is 5.79. The minimum Gasteiger partial charge on any atom is -0.383 e. The summed E-state index contributed by atoms with van der Waals surface area (Å²) in [6, 6.07) is 0.223. The molecule has 0 aliphatic heterocycles. The van der Waals surface area contributed by atoms with E-state index < -0.39 is 0 Å². The van der Waals surface area contributed by atoms with Gasteiger partial charge in [0.1, 0.15) is 0 Å². The molecule has 0 fully saturated rings. The topological polar surface area (TPSA) is 71.7 Å². The van der Waals surface area contributed by atoms with Crippen LogP contribution < -0.4 is 16.6 Å². The van der Waals surface area contributed by atoms with Gasteiger partial charge in [0, 0.05) is 13.7 Å². The van der Waals surface area contributed by atoms with E-state index in [2.05, 4.69) is 29.6 Å². The van der Waals surface area contributed by atoms with Crippen LogP contribution in [0.25, 0.3) is 0 Å². The number of guanidine groups is 1. The monoisotopic (exact) mass is 202 g/mol. The number of ether oxygens (including phenoxy) is 1. The zero-order chi connectivity index (χ0) is 11.0. The zero-order valence-electron chi connectivity index (χ0n) is 9.50. The van der Waals surface area contributed by atoms with Crippen LogP contribution >= 0.6 is 0 Å². The number of aliphatic imine (C=N–C) groups is 1. The maximum Gasteiger partial charge on any atom is 0.206 e. The van der Waals surface area contributed by atoms with Gasteiger partial charge >= 0.3 is 0 Å².